The van der Waals surface area contributed by atoms with Crippen molar-refractivity contribution >= 4 is 11.8 Å². The van der Waals surface area contributed by atoms with Crippen molar-refractivity contribution < 1.29 is 9.53 Å². The number of benzene rings is 2. The van der Waals surface area contributed by atoms with Crippen LogP contribution in [0.5, 0.6) is 0 Å². The van der Waals surface area contributed by atoms with Crippen molar-refractivity contribution in [2.75, 3.05) is 31.8 Å². The van der Waals surface area contributed by atoms with Crippen LogP contribution in [0.25, 0.3) is 22.5 Å². The summed E-state index contributed by atoms with van der Waals surface area (Å²) >= 11 is 0. The molecule has 5 rings (SSSR count). The van der Waals surface area contributed by atoms with Gasteiger partial charge in [-0.05, 0) is 34.9 Å². The van der Waals surface area contributed by atoms with E-state index in [1.165, 1.54) is 12.7 Å². The molecule has 0 aliphatic carbocycles. The normalized spacial score (nSPS) is 13.5. The number of nitrogens with one attached hydrogen (secondary N) is 1. The van der Waals surface area contributed by atoms with E-state index < -0.39 is 0 Å². The molecule has 0 radical (unpaired) electrons. The zero-order valence-electron chi connectivity index (χ0n) is 21.5. The molecule has 3 heterocycles. The molecule has 0 saturated heterocycles. The van der Waals surface area contributed by atoms with Gasteiger partial charge in [0.2, 0.25) is 5.82 Å². The van der Waals surface area contributed by atoms with Crippen LogP contribution in [0.15, 0.2) is 48.5 Å². The highest BCUT2D eigenvalue weighted by Crippen LogP contribution is 2.32. The minimum absolute atomic E-state index is 0.192. The van der Waals surface area contributed by atoms with Crippen molar-refractivity contribution in [3.8, 4) is 22.5 Å². The predicted molar refractivity (Wildman–Crippen MR) is 141 cm³/mol. The second-order valence-electron chi connectivity index (χ2n) is 9.17. The topological polar surface area (TPSA) is 105 Å². The smallest absolute Gasteiger partial charge is 0.325 e. The number of rotatable bonds is 9. The van der Waals surface area contributed by atoms with E-state index in [0.717, 1.165) is 60.0 Å². The second kappa shape index (κ2) is 10.9. The molecule has 10 heteroatoms. The molecule has 0 saturated carbocycles. The molecule has 10 nitrogen and oxygen atoms in total. The summed E-state index contributed by atoms with van der Waals surface area (Å²) in [5.74, 6) is 2.26. The number of methoxy groups -OCH3 is 1. The number of tetrazole rings is 1. The van der Waals surface area contributed by atoms with E-state index in [1.54, 1.807) is 0 Å². The number of aromatic nitrogens is 6. The Morgan fingerprint density at radius 2 is 1.86 bits per heavy atom. The summed E-state index contributed by atoms with van der Waals surface area (Å²) in [7, 11) is 1.43. The van der Waals surface area contributed by atoms with Crippen LogP contribution in [0, 0.1) is 0 Å². The third kappa shape index (κ3) is 5.10. The van der Waals surface area contributed by atoms with Gasteiger partial charge in [-0.2, -0.15) is 5.21 Å². The summed E-state index contributed by atoms with van der Waals surface area (Å²) in [5.41, 5.74) is 5.41. The van der Waals surface area contributed by atoms with E-state index in [0.29, 0.717) is 19.0 Å². The summed E-state index contributed by atoms with van der Waals surface area (Å²) in [6.07, 6.45) is 1.87. The first-order valence-corrected chi connectivity index (χ1v) is 12.7. The fourth-order valence-electron chi connectivity index (χ4n) is 4.84. The molecule has 0 bridgehead atoms. The van der Waals surface area contributed by atoms with E-state index >= 15 is 0 Å². The van der Waals surface area contributed by atoms with Gasteiger partial charge in [0, 0.05) is 25.1 Å². The molecular weight excluding hydrogens is 468 g/mol. The maximum Gasteiger partial charge on any atom is 0.325 e. The molecule has 1 N–H and O–H groups in total. The third-order valence-electron chi connectivity index (χ3n) is 6.76. The Morgan fingerprint density at radius 1 is 1.08 bits per heavy atom. The number of nitrogens with zero attached hydrogens (tertiary/aromatic N) is 7. The van der Waals surface area contributed by atoms with E-state index in [-0.39, 0.29) is 12.5 Å². The van der Waals surface area contributed by atoms with Gasteiger partial charge in [-0.15, -0.1) is 10.2 Å². The average molecular weight is 501 g/mol. The molecule has 37 heavy (non-hydrogen) atoms. The summed E-state index contributed by atoms with van der Waals surface area (Å²) in [5, 5.41) is 14.6. The van der Waals surface area contributed by atoms with Crippen LogP contribution in [-0.4, -0.2) is 67.9 Å². The highest BCUT2D eigenvalue weighted by Gasteiger charge is 2.30. The number of aromatic amines is 1. The maximum absolute atomic E-state index is 12.1. The monoisotopic (exact) mass is 500 g/mol. The number of hydrogen-bond acceptors (Lipinski definition) is 8. The van der Waals surface area contributed by atoms with Gasteiger partial charge in [-0.1, -0.05) is 62.4 Å². The maximum atomic E-state index is 12.1. The fourth-order valence-corrected chi connectivity index (χ4v) is 4.84. The van der Waals surface area contributed by atoms with Gasteiger partial charge in [-0.25, -0.2) is 4.98 Å². The zero-order chi connectivity index (χ0) is 25.8. The number of esters is 1. The lowest BCUT2D eigenvalue weighted by Gasteiger charge is -2.35. The minimum Gasteiger partial charge on any atom is -0.468 e. The molecule has 1 aliphatic rings. The van der Waals surface area contributed by atoms with Crippen LogP contribution >= 0.6 is 0 Å². The minimum atomic E-state index is -0.257. The van der Waals surface area contributed by atoms with Crippen molar-refractivity contribution in [3.05, 3.63) is 65.6 Å². The molecule has 0 spiro atoms. The van der Waals surface area contributed by atoms with E-state index in [4.69, 9.17) is 9.72 Å². The Labute approximate surface area is 216 Å². The van der Waals surface area contributed by atoms with Crippen LogP contribution in [-0.2, 0) is 29.0 Å². The molecule has 2 aromatic carbocycles. The zero-order valence-corrected chi connectivity index (χ0v) is 21.5. The van der Waals surface area contributed by atoms with Crippen LogP contribution in [0.3, 0.4) is 0 Å². The third-order valence-corrected chi connectivity index (χ3v) is 6.76. The first-order valence-electron chi connectivity index (χ1n) is 12.7. The van der Waals surface area contributed by atoms with E-state index in [2.05, 4.69) is 74.3 Å². The van der Waals surface area contributed by atoms with Crippen molar-refractivity contribution in [3.63, 3.8) is 0 Å². The molecule has 0 amide bonds. The van der Waals surface area contributed by atoms with Crippen molar-refractivity contribution in [2.45, 2.75) is 39.8 Å². The number of imidazole rings is 1. The lowest BCUT2D eigenvalue weighted by Crippen LogP contribution is -2.45. The lowest BCUT2D eigenvalue weighted by atomic mass is 9.98. The molecule has 0 fully saturated rings. The number of carbonyl (C=O) groups is 1. The largest absolute Gasteiger partial charge is 0.468 e. The van der Waals surface area contributed by atoms with Crippen molar-refractivity contribution in [1.82, 2.24) is 35.1 Å². The van der Waals surface area contributed by atoms with Gasteiger partial charge in [0.1, 0.15) is 12.4 Å². The summed E-state index contributed by atoms with van der Waals surface area (Å²) in [4.78, 5) is 21.5. The Balaban J connectivity index is 1.46. The van der Waals surface area contributed by atoms with Gasteiger partial charge in [0.15, 0.2) is 5.82 Å². The van der Waals surface area contributed by atoms with Crippen LogP contribution in [0.2, 0.25) is 0 Å². The number of anilines is 1. The van der Waals surface area contributed by atoms with Gasteiger partial charge in [0.25, 0.3) is 0 Å². The lowest BCUT2D eigenvalue weighted by molar-refractivity contribution is -0.139. The Hall–Kier alpha value is -4.05. The van der Waals surface area contributed by atoms with Crippen LogP contribution < -0.4 is 4.90 Å². The Morgan fingerprint density at radius 3 is 2.54 bits per heavy atom. The number of ether oxygens (including phenoxy) is 1. The summed E-state index contributed by atoms with van der Waals surface area (Å²) in [6, 6.07) is 16.7. The first kappa shape index (κ1) is 24.6. The van der Waals surface area contributed by atoms with Crippen LogP contribution in [0.1, 0.15) is 37.4 Å². The number of H-pyrrole nitrogens is 1. The number of fused-ring (bicyclic) bond motifs is 1. The average Bonchev–Trinajstić information content (AvgIpc) is 3.58. The molecular formula is C27H32N8O2. The molecule has 0 unspecified atom stereocenters. The standard InChI is InChI=1S/C27H32N8O2/c1-4-8-24-28-27-23(16-33(5-2)18-34(27)17-25(36)37-3)35(24)15-19-11-13-20(14-12-19)21-9-6-7-10-22(21)26-29-31-32-30-26/h6-7,9-14H,4-5,8,15-18H2,1-3H3,(H,29,30,31,32). The molecule has 0 atom stereocenters. The molecule has 2 aromatic heterocycles. The summed E-state index contributed by atoms with van der Waals surface area (Å²) in [6.45, 7) is 7.57. The van der Waals surface area contributed by atoms with E-state index in [9.17, 15) is 4.79 Å². The Bertz CT molecular complexity index is 1350. The molecule has 192 valence electrons. The highest BCUT2D eigenvalue weighted by molar-refractivity contribution is 5.80. The van der Waals surface area contributed by atoms with Gasteiger partial charge in [-0.3, -0.25) is 9.69 Å². The SMILES string of the molecule is CCCc1nc2c(n1Cc1ccc(-c3ccccc3-c3nn[nH]n3)cc1)CN(CC)CN2CC(=O)OC. The second-order valence-corrected chi connectivity index (χ2v) is 9.17. The van der Waals surface area contributed by atoms with Crippen molar-refractivity contribution in [1.29, 1.82) is 0 Å². The molecule has 4 aromatic rings. The first-order chi connectivity index (χ1) is 18.1. The van der Waals surface area contributed by atoms with E-state index in [1.807, 2.05) is 23.1 Å². The quantitative estimate of drug-likeness (QED) is 0.348. The van der Waals surface area contributed by atoms with Gasteiger partial charge >= 0.3 is 5.97 Å². The van der Waals surface area contributed by atoms with Crippen LogP contribution in [0.4, 0.5) is 5.82 Å². The highest BCUT2D eigenvalue weighted by atomic mass is 16.5. The predicted octanol–water partition coefficient (Wildman–Crippen LogP) is 3.50. The van der Waals surface area contributed by atoms with Crippen molar-refractivity contribution in [2.24, 2.45) is 0 Å². The van der Waals surface area contributed by atoms with Gasteiger partial charge in [0.05, 0.1) is 19.5 Å². The van der Waals surface area contributed by atoms with Gasteiger partial charge < -0.3 is 14.2 Å². The number of carbonyl (C=O) groups excluding carboxylic acids is 1. The fraction of sp³-hybridized carbons (Fsp3) is 0.370. The summed E-state index contributed by atoms with van der Waals surface area (Å²) < 4.78 is 7.28. The Kier molecular flexibility index (Phi) is 7.27. The number of aryl methyl sites for hydroxylation is 1. The number of hydrogen-bond donors (Lipinski definition) is 1. The molecule has 1 aliphatic heterocycles.